The Morgan fingerprint density at radius 3 is 2.48 bits per heavy atom. The van der Waals surface area contributed by atoms with Crippen LogP contribution in [0.4, 0.5) is 0 Å². The van der Waals surface area contributed by atoms with E-state index in [9.17, 15) is 8.42 Å². The first-order valence-corrected chi connectivity index (χ1v) is 10.2. The number of sulfone groups is 1. The Balaban J connectivity index is 1.51. The summed E-state index contributed by atoms with van der Waals surface area (Å²) in [7, 11) is -2.92. The molecule has 0 bridgehead atoms. The van der Waals surface area contributed by atoms with Gasteiger partial charge in [-0.1, -0.05) is 30.7 Å². The van der Waals surface area contributed by atoms with Crippen LogP contribution < -0.4 is 5.32 Å². The van der Waals surface area contributed by atoms with Crippen molar-refractivity contribution in [3.63, 3.8) is 0 Å². The fourth-order valence-corrected chi connectivity index (χ4v) is 4.50. The fourth-order valence-electron chi connectivity index (χ4n) is 3.32. The van der Waals surface area contributed by atoms with Crippen molar-refractivity contribution in [2.24, 2.45) is 0 Å². The monoisotopic (exact) mass is 339 g/mol. The van der Waals surface area contributed by atoms with Crippen LogP contribution in [0.1, 0.15) is 43.1 Å². The van der Waals surface area contributed by atoms with Crippen molar-refractivity contribution in [3.8, 4) is 0 Å². The molecule has 128 valence electrons. The van der Waals surface area contributed by atoms with Gasteiger partial charge in [0, 0.05) is 24.4 Å². The lowest BCUT2D eigenvalue weighted by Crippen LogP contribution is -2.38. The molecule has 1 aliphatic carbocycles. The zero-order valence-corrected chi connectivity index (χ0v) is 14.3. The van der Waals surface area contributed by atoms with Gasteiger partial charge in [-0.05, 0) is 24.8 Å². The number of ether oxygens (including phenoxy) is 2. The molecule has 1 heterocycles. The van der Waals surface area contributed by atoms with Crippen LogP contribution in [-0.2, 0) is 25.9 Å². The second-order valence-corrected chi connectivity index (χ2v) is 8.84. The molecule has 0 spiro atoms. The maximum absolute atomic E-state index is 11.7. The number of hydrogen-bond acceptors (Lipinski definition) is 5. The molecule has 1 aromatic rings. The highest BCUT2D eigenvalue weighted by atomic mass is 32.2. The molecule has 2 fully saturated rings. The van der Waals surface area contributed by atoms with Crippen LogP contribution in [-0.4, -0.2) is 39.2 Å². The molecule has 1 saturated carbocycles. The molecule has 1 aliphatic heterocycles. The molecule has 1 aromatic carbocycles. The van der Waals surface area contributed by atoms with Crippen molar-refractivity contribution in [3.05, 3.63) is 35.4 Å². The normalized spacial score (nSPS) is 26.5. The highest BCUT2D eigenvalue weighted by Crippen LogP contribution is 2.25. The van der Waals surface area contributed by atoms with E-state index in [2.05, 4.69) is 17.4 Å². The van der Waals surface area contributed by atoms with Crippen LogP contribution >= 0.6 is 0 Å². The predicted molar refractivity (Wildman–Crippen MR) is 88.8 cm³/mol. The molecule has 5 nitrogen and oxygen atoms in total. The lowest BCUT2D eigenvalue weighted by Gasteiger charge is -2.28. The van der Waals surface area contributed by atoms with E-state index in [1.165, 1.54) is 11.8 Å². The van der Waals surface area contributed by atoms with Crippen molar-refractivity contribution in [2.45, 2.75) is 49.8 Å². The topological polar surface area (TPSA) is 64.6 Å². The minimum atomic E-state index is -2.92. The van der Waals surface area contributed by atoms with Crippen molar-refractivity contribution in [1.29, 1.82) is 0 Å². The van der Waals surface area contributed by atoms with Crippen LogP contribution in [0.15, 0.2) is 24.3 Å². The summed E-state index contributed by atoms with van der Waals surface area (Å²) in [6, 6.07) is 8.50. The van der Waals surface area contributed by atoms with E-state index in [0.29, 0.717) is 13.2 Å². The van der Waals surface area contributed by atoms with Crippen molar-refractivity contribution < 1.29 is 17.9 Å². The molecule has 1 saturated heterocycles. The van der Waals surface area contributed by atoms with E-state index in [-0.39, 0.29) is 17.6 Å². The van der Waals surface area contributed by atoms with Gasteiger partial charge in [0.1, 0.15) is 9.84 Å². The third-order valence-corrected chi connectivity index (χ3v) is 6.34. The maximum Gasteiger partial charge on any atom is 0.184 e. The van der Waals surface area contributed by atoms with Crippen molar-refractivity contribution >= 4 is 9.84 Å². The largest absolute Gasteiger partial charge is 0.346 e. The summed E-state index contributed by atoms with van der Waals surface area (Å²) in [4.78, 5) is 0. The van der Waals surface area contributed by atoms with Gasteiger partial charge in [0.2, 0.25) is 0 Å². The summed E-state index contributed by atoms with van der Waals surface area (Å²) in [6.07, 6.45) is 4.67. The van der Waals surface area contributed by atoms with Crippen molar-refractivity contribution in [1.82, 2.24) is 5.32 Å². The number of nitrogens with one attached hydrogen (secondary N) is 1. The number of rotatable bonds is 5. The van der Waals surface area contributed by atoms with Crippen LogP contribution in [0.3, 0.4) is 0 Å². The van der Waals surface area contributed by atoms with E-state index >= 15 is 0 Å². The van der Waals surface area contributed by atoms with Crippen LogP contribution in [0, 0.1) is 0 Å². The molecule has 1 N–H and O–H groups in total. The third-order valence-electron chi connectivity index (χ3n) is 4.70. The smallest absolute Gasteiger partial charge is 0.184 e. The molecule has 2 aliphatic rings. The highest BCUT2D eigenvalue weighted by molar-refractivity contribution is 7.91. The second-order valence-electron chi connectivity index (χ2n) is 6.51. The second kappa shape index (κ2) is 7.30. The summed E-state index contributed by atoms with van der Waals surface area (Å²) in [5, 5.41) is 3.31. The van der Waals surface area contributed by atoms with Gasteiger partial charge >= 0.3 is 0 Å². The van der Waals surface area contributed by atoms with Gasteiger partial charge in [-0.3, -0.25) is 0 Å². The van der Waals surface area contributed by atoms with Gasteiger partial charge in [-0.15, -0.1) is 0 Å². The number of benzene rings is 1. The van der Waals surface area contributed by atoms with Gasteiger partial charge in [-0.25, -0.2) is 8.42 Å². The SMILES string of the molecule is CS(=O)(=O)C1CCCC(NCc2ccc(C3OCCO3)cc2)C1. The highest BCUT2D eigenvalue weighted by Gasteiger charge is 2.28. The van der Waals surface area contributed by atoms with Crippen LogP contribution in [0.2, 0.25) is 0 Å². The summed E-state index contributed by atoms with van der Waals surface area (Å²) in [5.41, 5.74) is 2.23. The zero-order chi connectivity index (χ0) is 16.3. The standard InChI is InChI=1S/C17H25NO4S/c1-23(19,20)16-4-2-3-15(11-16)18-12-13-5-7-14(8-6-13)17-21-9-10-22-17/h5-8,15-18H,2-4,9-12H2,1H3. The van der Waals surface area contributed by atoms with E-state index in [1.54, 1.807) is 0 Å². The van der Waals surface area contributed by atoms with Gasteiger partial charge in [0.25, 0.3) is 0 Å². The molecule has 2 atom stereocenters. The lowest BCUT2D eigenvalue weighted by molar-refractivity contribution is -0.0441. The van der Waals surface area contributed by atoms with Crippen molar-refractivity contribution in [2.75, 3.05) is 19.5 Å². The molecular formula is C17H25NO4S. The molecule has 6 heteroatoms. The first kappa shape index (κ1) is 16.9. The predicted octanol–water partition coefficient (Wildman–Crippen LogP) is 2.18. The molecule has 3 rings (SSSR count). The first-order chi connectivity index (χ1) is 11.0. The van der Waals surface area contributed by atoms with E-state index in [0.717, 1.165) is 37.8 Å². The molecule has 0 amide bonds. The molecule has 2 unspecified atom stereocenters. The zero-order valence-electron chi connectivity index (χ0n) is 13.5. The third kappa shape index (κ3) is 4.53. The Labute approximate surface area is 138 Å². The summed E-state index contributed by atoms with van der Waals surface area (Å²) in [5.74, 6) is 0. The van der Waals surface area contributed by atoms with E-state index in [4.69, 9.17) is 9.47 Å². The van der Waals surface area contributed by atoms with E-state index in [1.807, 2.05) is 12.1 Å². The minimum Gasteiger partial charge on any atom is -0.346 e. The van der Waals surface area contributed by atoms with E-state index < -0.39 is 9.84 Å². The Kier molecular flexibility index (Phi) is 5.36. The average molecular weight is 339 g/mol. The van der Waals surface area contributed by atoms with Gasteiger partial charge in [0.05, 0.1) is 18.5 Å². The Morgan fingerprint density at radius 1 is 1.13 bits per heavy atom. The van der Waals surface area contributed by atoms with Gasteiger partial charge < -0.3 is 14.8 Å². The molecule has 0 radical (unpaired) electrons. The summed E-state index contributed by atoms with van der Waals surface area (Å²) >= 11 is 0. The van der Waals surface area contributed by atoms with Crippen LogP contribution in [0.5, 0.6) is 0 Å². The summed E-state index contributed by atoms with van der Waals surface area (Å²) < 4.78 is 34.4. The first-order valence-electron chi connectivity index (χ1n) is 8.26. The van der Waals surface area contributed by atoms with Crippen LogP contribution in [0.25, 0.3) is 0 Å². The van der Waals surface area contributed by atoms with Gasteiger partial charge in [0.15, 0.2) is 6.29 Å². The summed E-state index contributed by atoms with van der Waals surface area (Å²) in [6.45, 7) is 2.06. The maximum atomic E-state index is 11.7. The molecule has 0 aromatic heterocycles. The average Bonchev–Trinajstić information content (AvgIpc) is 3.07. The number of hydrogen-bond donors (Lipinski definition) is 1. The minimum absolute atomic E-state index is 0.187. The fraction of sp³-hybridized carbons (Fsp3) is 0.647. The lowest BCUT2D eigenvalue weighted by atomic mass is 9.95. The molecule has 23 heavy (non-hydrogen) atoms. The van der Waals surface area contributed by atoms with Gasteiger partial charge in [-0.2, -0.15) is 0 Å². The molecular weight excluding hydrogens is 314 g/mol. The quantitative estimate of drug-likeness (QED) is 0.891. The Hall–Kier alpha value is -0.950. The Bertz CT molecular complexity index is 608. The Morgan fingerprint density at radius 2 is 1.83 bits per heavy atom.